The molecule has 0 unspecified atom stereocenters. The van der Waals surface area contributed by atoms with Crippen LogP contribution in [-0.4, -0.2) is 16.3 Å². The van der Waals surface area contributed by atoms with E-state index in [9.17, 15) is 13.6 Å². The number of halogens is 2. The lowest BCUT2D eigenvalue weighted by atomic mass is 10.3. The molecule has 0 saturated heterocycles. The van der Waals surface area contributed by atoms with Crippen LogP contribution in [0.25, 0.3) is 0 Å². The van der Waals surface area contributed by atoms with Gasteiger partial charge in [0.2, 0.25) is 0 Å². The third kappa shape index (κ3) is 2.05. The van der Waals surface area contributed by atoms with E-state index in [1.807, 2.05) is 0 Å². The third-order valence-corrected chi connectivity index (χ3v) is 1.28. The SMILES string of the molecule is O=C(O)Nc1cc(F)c(O)cc1F. The van der Waals surface area contributed by atoms with Crippen molar-refractivity contribution in [2.75, 3.05) is 5.32 Å². The molecule has 3 N–H and O–H groups in total. The van der Waals surface area contributed by atoms with Gasteiger partial charge < -0.3 is 10.2 Å². The lowest BCUT2D eigenvalue weighted by Gasteiger charge is -2.03. The van der Waals surface area contributed by atoms with E-state index >= 15 is 0 Å². The fourth-order valence-electron chi connectivity index (χ4n) is 0.747. The fraction of sp³-hybridized carbons (Fsp3) is 0. The Kier molecular flexibility index (Phi) is 2.32. The molecule has 0 aromatic heterocycles. The third-order valence-electron chi connectivity index (χ3n) is 1.28. The van der Waals surface area contributed by atoms with Crippen LogP contribution in [0.2, 0.25) is 0 Å². The monoisotopic (exact) mass is 189 g/mol. The van der Waals surface area contributed by atoms with Gasteiger partial charge in [-0.1, -0.05) is 0 Å². The maximum absolute atomic E-state index is 12.7. The number of hydrogen-bond donors (Lipinski definition) is 3. The number of phenolic OH excluding ortho intramolecular Hbond substituents is 1. The fourth-order valence-corrected chi connectivity index (χ4v) is 0.747. The predicted octanol–water partition coefficient (Wildman–Crippen LogP) is 1.76. The van der Waals surface area contributed by atoms with Crippen molar-refractivity contribution in [2.45, 2.75) is 0 Å². The minimum absolute atomic E-state index is 0.487. The van der Waals surface area contributed by atoms with Crippen LogP contribution in [0.3, 0.4) is 0 Å². The second-order valence-electron chi connectivity index (χ2n) is 2.21. The van der Waals surface area contributed by atoms with Crippen LogP contribution in [0.4, 0.5) is 19.3 Å². The van der Waals surface area contributed by atoms with Crippen molar-refractivity contribution < 1.29 is 23.8 Å². The summed E-state index contributed by atoms with van der Waals surface area (Å²) in [6.07, 6.45) is -1.51. The summed E-state index contributed by atoms with van der Waals surface area (Å²) in [5.41, 5.74) is -0.539. The molecule has 0 atom stereocenters. The van der Waals surface area contributed by atoms with E-state index in [4.69, 9.17) is 10.2 Å². The molecule has 0 radical (unpaired) electrons. The summed E-state index contributed by atoms with van der Waals surface area (Å²) < 4.78 is 25.3. The maximum Gasteiger partial charge on any atom is 0.409 e. The largest absolute Gasteiger partial charge is 0.505 e. The Morgan fingerprint density at radius 3 is 2.46 bits per heavy atom. The minimum atomic E-state index is -1.51. The summed E-state index contributed by atoms with van der Waals surface area (Å²) in [5, 5.41) is 18.5. The molecule has 6 heteroatoms. The van der Waals surface area contributed by atoms with Crippen LogP contribution in [-0.2, 0) is 0 Å². The first kappa shape index (κ1) is 9.24. The summed E-state index contributed by atoms with van der Waals surface area (Å²) in [6.45, 7) is 0. The molecule has 0 bridgehead atoms. The molecular weight excluding hydrogens is 184 g/mol. The highest BCUT2D eigenvalue weighted by Crippen LogP contribution is 2.23. The van der Waals surface area contributed by atoms with E-state index in [0.29, 0.717) is 12.1 Å². The first-order valence-corrected chi connectivity index (χ1v) is 3.18. The number of phenols is 1. The number of benzene rings is 1. The van der Waals surface area contributed by atoms with Gasteiger partial charge in [-0.25, -0.2) is 13.6 Å². The Hall–Kier alpha value is -1.85. The Morgan fingerprint density at radius 2 is 1.92 bits per heavy atom. The molecule has 0 heterocycles. The zero-order valence-electron chi connectivity index (χ0n) is 6.21. The molecule has 0 saturated carbocycles. The number of carbonyl (C=O) groups is 1. The van der Waals surface area contributed by atoms with Crippen molar-refractivity contribution in [1.82, 2.24) is 0 Å². The van der Waals surface area contributed by atoms with Crippen LogP contribution in [0.15, 0.2) is 12.1 Å². The highest BCUT2D eigenvalue weighted by molar-refractivity contribution is 5.83. The molecule has 0 aliphatic carbocycles. The molecule has 4 nitrogen and oxygen atoms in total. The van der Waals surface area contributed by atoms with Gasteiger partial charge >= 0.3 is 6.09 Å². The van der Waals surface area contributed by atoms with Gasteiger partial charge in [-0.05, 0) is 0 Å². The van der Waals surface area contributed by atoms with Crippen molar-refractivity contribution in [1.29, 1.82) is 0 Å². The second kappa shape index (κ2) is 3.26. The molecule has 0 fully saturated rings. The van der Waals surface area contributed by atoms with Crippen LogP contribution in [0.5, 0.6) is 5.75 Å². The Bertz CT molecular complexity index is 354. The maximum atomic E-state index is 12.7. The number of rotatable bonds is 1. The topological polar surface area (TPSA) is 69.6 Å². The highest BCUT2D eigenvalue weighted by Gasteiger charge is 2.10. The van der Waals surface area contributed by atoms with Gasteiger partial charge in [0, 0.05) is 12.1 Å². The van der Waals surface area contributed by atoms with Crippen molar-refractivity contribution >= 4 is 11.8 Å². The number of aromatic hydroxyl groups is 1. The zero-order chi connectivity index (χ0) is 10.0. The minimum Gasteiger partial charge on any atom is -0.505 e. The van der Waals surface area contributed by atoms with Crippen LogP contribution in [0.1, 0.15) is 0 Å². The summed E-state index contributed by atoms with van der Waals surface area (Å²) in [4.78, 5) is 10.1. The lowest BCUT2D eigenvalue weighted by molar-refractivity contribution is 0.209. The number of anilines is 1. The number of hydrogen-bond acceptors (Lipinski definition) is 2. The van der Waals surface area contributed by atoms with Crippen molar-refractivity contribution in [3.8, 4) is 5.75 Å². The highest BCUT2D eigenvalue weighted by atomic mass is 19.1. The average molecular weight is 189 g/mol. The standard InChI is InChI=1S/C7H5F2NO3/c8-3-2-6(11)4(9)1-5(3)10-7(12)13/h1-2,10-11H,(H,12,13). The average Bonchev–Trinajstić information content (AvgIpc) is 1.99. The van der Waals surface area contributed by atoms with Gasteiger partial charge in [0.05, 0.1) is 5.69 Å². The van der Waals surface area contributed by atoms with Gasteiger partial charge in [0.15, 0.2) is 17.4 Å². The van der Waals surface area contributed by atoms with Crippen molar-refractivity contribution in [2.24, 2.45) is 0 Å². The van der Waals surface area contributed by atoms with Gasteiger partial charge in [-0.15, -0.1) is 0 Å². The molecule has 1 aromatic carbocycles. The van der Waals surface area contributed by atoms with Gasteiger partial charge in [0.1, 0.15) is 0 Å². The normalized spacial score (nSPS) is 9.69. The van der Waals surface area contributed by atoms with E-state index < -0.39 is 29.2 Å². The predicted molar refractivity (Wildman–Crippen MR) is 39.7 cm³/mol. The summed E-state index contributed by atoms with van der Waals surface area (Å²) >= 11 is 0. The molecule has 0 aliphatic rings. The van der Waals surface area contributed by atoms with Crippen molar-refractivity contribution in [3.05, 3.63) is 23.8 Å². The van der Waals surface area contributed by atoms with Crippen molar-refractivity contribution in [3.63, 3.8) is 0 Å². The second-order valence-corrected chi connectivity index (χ2v) is 2.21. The first-order valence-electron chi connectivity index (χ1n) is 3.18. The molecule has 70 valence electrons. The van der Waals surface area contributed by atoms with E-state index in [0.717, 1.165) is 0 Å². The van der Waals surface area contributed by atoms with E-state index in [-0.39, 0.29) is 0 Å². The van der Waals surface area contributed by atoms with Gasteiger partial charge in [-0.2, -0.15) is 0 Å². The number of carboxylic acid groups (broad SMARTS) is 1. The zero-order valence-corrected chi connectivity index (χ0v) is 6.21. The van der Waals surface area contributed by atoms with E-state index in [2.05, 4.69) is 0 Å². The molecule has 0 spiro atoms. The van der Waals surface area contributed by atoms with E-state index in [1.165, 1.54) is 0 Å². The van der Waals surface area contributed by atoms with Gasteiger partial charge in [-0.3, -0.25) is 5.32 Å². The molecule has 13 heavy (non-hydrogen) atoms. The Balaban J connectivity index is 3.08. The Morgan fingerprint density at radius 1 is 1.31 bits per heavy atom. The van der Waals surface area contributed by atoms with E-state index in [1.54, 1.807) is 5.32 Å². The van der Waals surface area contributed by atoms with Gasteiger partial charge in [0.25, 0.3) is 0 Å². The van der Waals surface area contributed by atoms with Crippen LogP contribution in [0, 0.1) is 11.6 Å². The number of nitrogens with one attached hydrogen (secondary N) is 1. The molecule has 1 amide bonds. The molecule has 0 aliphatic heterocycles. The summed E-state index contributed by atoms with van der Waals surface area (Å²) in [7, 11) is 0. The van der Waals surface area contributed by atoms with Crippen LogP contribution < -0.4 is 5.32 Å². The molecule has 1 aromatic rings. The quantitative estimate of drug-likeness (QED) is 0.589. The number of amides is 1. The van der Waals surface area contributed by atoms with Crippen LogP contribution >= 0.6 is 0 Å². The lowest BCUT2D eigenvalue weighted by Crippen LogP contribution is -2.09. The molecular formula is C7H5F2NO3. The smallest absolute Gasteiger partial charge is 0.409 e. The summed E-state index contributed by atoms with van der Waals surface area (Å²) in [5.74, 6) is -3.00. The Labute approximate surface area is 71.4 Å². The molecule has 1 rings (SSSR count). The summed E-state index contributed by atoms with van der Waals surface area (Å²) in [6, 6.07) is 1.04. The first-order chi connectivity index (χ1) is 6.00.